The normalized spacial score (nSPS) is 19.3. The van der Waals surface area contributed by atoms with Crippen LogP contribution in [-0.2, 0) is 0 Å². The molecule has 2 aliphatic rings. The van der Waals surface area contributed by atoms with Crippen molar-refractivity contribution in [1.29, 1.82) is 0 Å². The monoisotopic (exact) mass is 448 g/mol. The molecule has 8 nitrogen and oxygen atoms in total. The number of aryl methyl sites for hydroxylation is 2. The Balaban J connectivity index is 1.32. The quantitative estimate of drug-likeness (QED) is 0.534. The summed E-state index contributed by atoms with van der Waals surface area (Å²) in [7, 11) is 0. The van der Waals surface area contributed by atoms with E-state index >= 15 is 0 Å². The van der Waals surface area contributed by atoms with Crippen molar-refractivity contribution < 1.29 is 0 Å². The molecular formula is C25H36N8. The highest BCUT2D eigenvalue weighted by Gasteiger charge is 2.20. The molecule has 2 aliphatic heterocycles. The fourth-order valence-corrected chi connectivity index (χ4v) is 4.12. The molecule has 176 valence electrons. The van der Waals surface area contributed by atoms with Crippen LogP contribution < -0.4 is 0 Å². The maximum absolute atomic E-state index is 4.54. The molecule has 2 aromatic rings. The molecule has 33 heavy (non-hydrogen) atoms. The molecule has 0 saturated carbocycles. The number of hydrogen-bond acceptors (Lipinski definition) is 6. The first-order chi connectivity index (χ1) is 16.1. The van der Waals surface area contributed by atoms with E-state index in [2.05, 4.69) is 78.6 Å². The van der Waals surface area contributed by atoms with Crippen molar-refractivity contribution in [1.82, 2.24) is 19.8 Å². The third-order valence-corrected chi connectivity index (χ3v) is 6.05. The molecule has 0 spiro atoms. The summed E-state index contributed by atoms with van der Waals surface area (Å²) in [5, 5.41) is 22.2. The Hall–Kier alpha value is -2.84. The highest BCUT2D eigenvalue weighted by Crippen LogP contribution is 2.17. The molecule has 2 saturated heterocycles. The summed E-state index contributed by atoms with van der Waals surface area (Å²) in [6.45, 7) is 10.7. The van der Waals surface area contributed by atoms with Gasteiger partial charge < -0.3 is 0 Å². The zero-order chi connectivity index (χ0) is 22.9. The van der Waals surface area contributed by atoms with Crippen LogP contribution in [0.2, 0.25) is 0 Å². The molecule has 0 bridgehead atoms. The first-order valence-electron chi connectivity index (χ1n) is 12.1. The van der Waals surface area contributed by atoms with Crippen molar-refractivity contribution in [3.63, 3.8) is 0 Å². The second-order valence-corrected chi connectivity index (χ2v) is 9.14. The lowest BCUT2D eigenvalue weighted by atomic mass is 10.2. The van der Waals surface area contributed by atoms with Gasteiger partial charge >= 0.3 is 0 Å². The Morgan fingerprint density at radius 2 is 0.970 bits per heavy atom. The van der Waals surface area contributed by atoms with E-state index in [4.69, 9.17) is 0 Å². The van der Waals surface area contributed by atoms with Gasteiger partial charge in [-0.25, -0.2) is 0 Å². The maximum Gasteiger partial charge on any atom is 0.0906 e. The molecular weight excluding hydrogens is 412 g/mol. The van der Waals surface area contributed by atoms with Crippen molar-refractivity contribution in [2.24, 2.45) is 20.7 Å². The van der Waals surface area contributed by atoms with Gasteiger partial charge in [0.2, 0.25) is 0 Å². The molecule has 2 aromatic carbocycles. The molecule has 0 radical (unpaired) electrons. The van der Waals surface area contributed by atoms with E-state index in [1.165, 1.54) is 24.0 Å². The van der Waals surface area contributed by atoms with Gasteiger partial charge in [0.05, 0.1) is 31.4 Å². The van der Waals surface area contributed by atoms with Crippen LogP contribution in [0.4, 0.5) is 11.4 Å². The van der Waals surface area contributed by atoms with Gasteiger partial charge in [-0.2, -0.15) is 0 Å². The molecule has 0 unspecified atom stereocenters. The Morgan fingerprint density at radius 1 is 0.576 bits per heavy atom. The topological polar surface area (TPSA) is 62.4 Å². The van der Waals surface area contributed by atoms with Crippen LogP contribution >= 0.6 is 0 Å². The minimum atomic E-state index is 0.802. The predicted octanol–water partition coefficient (Wildman–Crippen LogP) is 5.67. The van der Waals surface area contributed by atoms with Crippen LogP contribution in [0.1, 0.15) is 36.8 Å². The Labute approximate surface area is 197 Å². The van der Waals surface area contributed by atoms with E-state index in [0.29, 0.717) is 0 Å². The summed E-state index contributed by atoms with van der Waals surface area (Å²) in [5.74, 6) is 0. The smallest absolute Gasteiger partial charge is 0.0906 e. The summed E-state index contributed by atoms with van der Waals surface area (Å²) >= 11 is 0. The highest BCUT2D eigenvalue weighted by molar-refractivity contribution is 5.38. The van der Waals surface area contributed by atoms with Gasteiger partial charge in [-0.3, -0.25) is 19.8 Å². The Morgan fingerprint density at radius 3 is 1.39 bits per heavy atom. The average Bonchev–Trinajstić information content (AvgIpc) is 3.19. The summed E-state index contributed by atoms with van der Waals surface area (Å²) < 4.78 is 0. The zero-order valence-electron chi connectivity index (χ0n) is 20.0. The van der Waals surface area contributed by atoms with E-state index in [9.17, 15) is 0 Å². The first-order valence-corrected chi connectivity index (χ1v) is 12.1. The second kappa shape index (κ2) is 11.9. The van der Waals surface area contributed by atoms with Gasteiger partial charge in [0, 0.05) is 26.2 Å². The van der Waals surface area contributed by atoms with Crippen LogP contribution in [0.5, 0.6) is 0 Å². The van der Waals surface area contributed by atoms with Crippen LogP contribution in [0.25, 0.3) is 0 Å². The third-order valence-electron chi connectivity index (χ3n) is 6.05. The molecule has 2 fully saturated rings. The lowest BCUT2D eigenvalue weighted by Gasteiger charge is -2.31. The van der Waals surface area contributed by atoms with Crippen LogP contribution in [0.15, 0.2) is 69.2 Å². The van der Waals surface area contributed by atoms with Crippen LogP contribution in [0, 0.1) is 13.8 Å². The van der Waals surface area contributed by atoms with E-state index < -0.39 is 0 Å². The maximum atomic E-state index is 4.54. The van der Waals surface area contributed by atoms with Crippen LogP contribution in [0.3, 0.4) is 0 Å². The van der Waals surface area contributed by atoms with E-state index in [1.54, 1.807) is 0 Å². The van der Waals surface area contributed by atoms with Gasteiger partial charge in [0.25, 0.3) is 0 Å². The third kappa shape index (κ3) is 7.61. The molecule has 0 aliphatic carbocycles. The highest BCUT2D eigenvalue weighted by atomic mass is 15.6. The number of hydrogen-bond donors (Lipinski definition) is 0. The first kappa shape index (κ1) is 23.3. The summed E-state index contributed by atoms with van der Waals surface area (Å²) in [4.78, 5) is 4.95. The molecule has 8 heteroatoms. The predicted molar refractivity (Wildman–Crippen MR) is 131 cm³/mol. The van der Waals surface area contributed by atoms with Crippen molar-refractivity contribution >= 4 is 11.4 Å². The number of nitrogens with zero attached hydrogens (tertiary/aromatic N) is 8. The van der Waals surface area contributed by atoms with E-state index in [-0.39, 0.29) is 0 Å². The second-order valence-electron chi connectivity index (χ2n) is 9.14. The Kier molecular flexibility index (Phi) is 8.38. The molecule has 0 N–H and O–H groups in total. The van der Waals surface area contributed by atoms with Gasteiger partial charge in [-0.05, 0) is 63.8 Å². The van der Waals surface area contributed by atoms with E-state index in [0.717, 1.165) is 70.4 Å². The molecule has 4 rings (SSSR count). The van der Waals surface area contributed by atoms with Gasteiger partial charge in [-0.1, -0.05) is 45.8 Å². The van der Waals surface area contributed by atoms with Crippen molar-refractivity contribution in [3.05, 3.63) is 59.7 Å². The molecule has 0 aromatic heterocycles. The lowest BCUT2D eigenvalue weighted by Crippen LogP contribution is -2.44. The minimum absolute atomic E-state index is 0.802. The zero-order valence-corrected chi connectivity index (χ0v) is 20.0. The fourth-order valence-electron chi connectivity index (χ4n) is 4.12. The van der Waals surface area contributed by atoms with Crippen molar-refractivity contribution in [2.75, 3.05) is 46.2 Å². The van der Waals surface area contributed by atoms with E-state index in [1.807, 2.05) is 24.3 Å². The summed E-state index contributed by atoms with van der Waals surface area (Å²) in [6.07, 6.45) is 4.64. The Bertz CT molecular complexity index is 834. The molecule has 2 heterocycles. The number of rotatable bonds is 6. The minimum Gasteiger partial charge on any atom is -0.272 e. The molecule has 0 amide bonds. The van der Waals surface area contributed by atoms with Crippen molar-refractivity contribution in [3.8, 4) is 0 Å². The number of benzene rings is 2. The van der Waals surface area contributed by atoms with Gasteiger partial charge in [-0.15, -0.1) is 10.2 Å². The van der Waals surface area contributed by atoms with Crippen molar-refractivity contribution in [2.45, 2.75) is 39.5 Å². The van der Waals surface area contributed by atoms with Gasteiger partial charge in [0.15, 0.2) is 0 Å². The SMILES string of the molecule is Cc1ccc(N=NN2CCCCN(CN3CCCCN(N=Nc4ccc(C)cc4)C3)C2)cc1. The molecule has 0 atom stereocenters. The van der Waals surface area contributed by atoms with Crippen LogP contribution in [-0.4, -0.2) is 66.0 Å². The average molecular weight is 449 g/mol. The summed E-state index contributed by atoms with van der Waals surface area (Å²) in [6, 6.07) is 16.4. The largest absolute Gasteiger partial charge is 0.272 e. The van der Waals surface area contributed by atoms with Gasteiger partial charge in [0.1, 0.15) is 0 Å². The fraction of sp³-hybridized carbons (Fsp3) is 0.520. The lowest BCUT2D eigenvalue weighted by molar-refractivity contribution is 0.0535. The summed E-state index contributed by atoms with van der Waals surface area (Å²) in [5.41, 5.74) is 4.27. The standard InChI is InChI=1S/C25H36N8/c1-22-7-11-24(12-8-22)26-28-32-17-5-3-15-30(20-32)19-31-16-4-6-18-33(21-31)29-27-25-13-9-23(2)10-14-25/h7-14H,3-6,15-21H2,1-2H3.